The highest BCUT2D eigenvalue weighted by Crippen LogP contribution is 2.22. The van der Waals surface area contributed by atoms with Crippen LogP contribution in [0.3, 0.4) is 0 Å². The molecule has 0 aromatic rings. The maximum Gasteiger partial charge on any atom is 0.389 e. The third-order valence-electron chi connectivity index (χ3n) is 2.46. The molecule has 0 fully saturated rings. The standard InChI is InChI=1S/C12H23F3N2O/c1-8(2)16-11(18)10(4)17-9(3)6-5-7-12(13,14)15/h8-10,17H,5-7H2,1-4H3,(H,16,18). The number of carbonyl (C=O) groups excluding carboxylic acids is 1. The van der Waals surface area contributed by atoms with E-state index in [1.807, 2.05) is 13.8 Å². The fraction of sp³-hybridized carbons (Fsp3) is 0.917. The first-order valence-corrected chi connectivity index (χ1v) is 6.25. The van der Waals surface area contributed by atoms with Crippen LogP contribution in [-0.4, -0.2) is 30.2 Å². The van der Waals surface area contributed by atoms with E-state index in [0.717, 1.165) is 0 Å². The Bertz CT molecular complexity index is 254. The first-order valence-electron chi connectivity index (χ1n) is 6.25. The second-order valence-electron chi connectivity index (χ2n) is 4.96. The van der Waals surface area contributed by atoms with Crippen molar-refractivity contribution in [1.29, 1.82) is 0 Å². The summed E-state index contributed by atoms with van der Waals surface area (Å²) < 4.78 is 35.9. The average molecular weight is 268 g/mol. The summed E-state index contributed by atoms with van der Waals surface area (Å²) in [7, 11) is 0. The predicted octanol–water partition coefficient (Wildman–Crippen LogP) is 2.61. The Labute approximate surface area is 107 Å². The Kier molecular flexibility index (Phi) is 7.28. The van der Waals surface area contributed by atoms with E-state index in [9.17, 15) is 18.0 Å². The molecule has 0 spiro atoms. The molecule has 0 saturated carbocycles. The van der Waals surface area contributed by atoms with Crippen LogP contribution in [0.4, 0.5) is 13.2 Å². The van der Waals surface area contributed by atoms with Crippen molar-refractivity contribution in [2.45, 2.75) is 71.3 Å². The van der Waals surface area contributed by atoms with Crippen LogP contribution in [0.2, 0.25) is 0 Å². The van der Waals surface area contributed by atoms with Crippen molar-refractivity contribution < 1.29 is 18.0 Å². The summed E-state index contributed by atoms with van der Waals surface area (Å²) in [6.07, 6.45) is -4.39. The van der Waals surface area contributed by atoms with Gasteiger partial charge in [0, 0.05) is 18.5 Å². The molecule has 0 aliphatic rings. The van der Waals surface area contributed by atoms with E-state index in [1.54, 1.807) is 13.8 Å². The molecule has 0 aliphatic heterocycles. The number of carbonyl (C=O) groups is 1. The summed E-state index contributed by atoms with van der Waals surface area (Å²) in [4.78, 5) is 11.6. The number of hydrogen-bond acceptors (Lipinski definition) is 2. The largest absolute Gasteiger partial charge is 0.389 e. The van der Waals surface area contributed by atoms with Crippen LogP contribution in [0.5, 0.6) is 0 Å². The third-order valence-corrected chi connectivity index (χ3v) is 2.46. The molecule has 0 aromatic heterocycles. The number of nitrogens with one attached hydrogen (secondary N) is 2. The summed E-state index contributed by atoms with van der Waals surface area (Å²) >= 11 is 0. The van der Waals surface area contributed by atoms with Crippen molar-refractivity contribution in [3.05, 3.63) is 0 Å². The van der Waals surface area contributed by atoms with E-state index in [4.69, 9.17) is 0 Å². The molecule has 0 aliphatic carbocycles. The van der Waals surface area contributed by atoms with Crippen LogP contribution >= 0.6 is 0 Å². The molecule has 2 atom stereocenters. The van der Waals surface area contributed by atoms with E-state index in [2.05, 4.69) is 10.6 Å². The average Bonchev–Trinajstić information content (AvgIpc) is 2.13. The van der Waals surface area contributed by atoms with Crippen molar-refractivity contribution in [3.8, 4) is 0 Å². The molecule has 0 aromatic carbocycles. The van der Waals surface area contributed by atoms with Gasteiger partial charge in [0.15, 0.2) is 0 Å². The van der Waals surface area contributed by atoms with Gasteiger partial charge in [0.2, 0.25) is 5.91 Å². The lowest BCUT2D eigenvalue weighted by Gasteiger charge is -2.20. The molecule has 6 heteroatoms. The highest BCUT2D eigenvalue weighted by molar-refractivity contribution is 5.81. The molecular weight excluding hydrogens is 245 g/mol. The molecule has 0 rings (SSSR count). The monoisotopic (exact) mass is 268 g/mol. The van der Waals surface area contributed by atoms with Gasteiger partial charge in [0.05, 0.1) is 6.04 Å². The summed E-state index contributed by atoms with van der Waals surface area (Å²) in [5.41, 5.74) is 0. The van der Waals surface area contributed by atoms with E-state index < -0.39 is 18.6 Å². The second-order valence-corrected chi connectivity index (χ2v) is 4.96. The maximum absolute atomic E-state index is 12.0. The molecule has 18 heavy (non-hydrogen) atoms. The minimum atomic E-state index is -4.10. The Hall–Kier alpha value is -0.780. The van der Waals surface area contributed by atoms with Crippen LogP contribution in [0, 0.1) is 0 Å². The molecule has 3 nitrogen and oxygen atoms in total. The lowest BCUT2D eigenvalue weighted by atomic mass is 10.1. The number of rotatable bonds is 7. The first-order chi connectivity index (χ1) is 8.11. The summed E-state index contributed by atoms with van der Waals surface area (Å²) in [6, 6.07) is -0.448. The third kappa shape index (κ3) is 9.27. The van der Waals surface area contributed by atoms with Crippen molar-refractivity contribution in [1.82, 2.24) is 10.6 Å². The van der Waals surface area contributed by atoms with Gasteiger partial charge >= 0.3 is 6.18 Å². The van der Waals surface area contributed by atoms with Crippen LogP contribution in [-0.2, 0) is 4.79 Å². The van der Waals surface area contributed by atoms with Crippen molar-refractivity contribution >= 4 is 5.91 Å². The lowest BCUT2D eigenvalue weighted by molar-refractivity contribution is -0.136. The molecule has 2 N–H and O–H groups in total. The van der Waals surface area contributed by atoms with Gasteiger partial charge < -0.3 is 10.6 Å². The number of alkyl halides is 3. The summed E-state index contributed by atoms with van der Waals surface area (Å²) in [5.74, 6) is -0.132. The summed E-state index contributed by atoms with van der Waals surface area (Å²) in [6.45, 7) is 7.21. The molecule has 1 amide bonds. The zero-order chi connectivity index (χ0) is 14.3. The topological polar surface area (TPSA) is 41.1 Å². The number of halogens is 3. The number of amides is 1. The van der Waals surface area contributed by atoms with Crippen LogP contribution in [0.25, 0.3) is 0 Å². The van der Waals surface area contributed by atoms with Crippen molar-refractivity contribution in [2.75, 3.05) is 0 Å². The smallest absolute Gasteiger partial charge is 0.353 e. The van der Waals surface area contributed by atoms with Gasteiger partial charge in [-0.15, -0.1) is 0 Å². The highest BCUT2D eigenvalue weighted by Gasteiger charge is 2.26. The van der Waals surface area contributed by atoms with E-state index in [1.165, 1.54) is 0 Å². The zero-order valence-corrected chi connectivity index (χ0v) is 11.4. The highest BCUT2D eigenvalue weighted by atomic mass is 19.4. The molecule has 0 bridgehead atoms. The summed E-state index contributed by atoms with van der Waals surface area (Å²) in [5, 5.41) is 5.74. The van der Waals surface area contributed by atoms with E-state index >= 15 is 0 Å². The van der Waals surface area contributed by atoms with Gasteiger partial charge in [0.25, 0.3) is 0 Å². The Balaban J connectivity index is 3.86. The fourth-order valence-corrected chi connectivity index (χ4v) is 1.60. The van der Waals surface area contributed by atoms with Gasteiger partial charge in [-0.05, 0) is 40.5 Å². The van der Waals surface area contributed by atoms with E-state index in [-0.39, 0.29) is 24.4 Å². The SMILES string of the molecule is CC(C)NC(=O)C(C)NC(C)CCCC(F)(F)F. The molecule has 0 saturated heterocycles. The number of hydrogen-bond donors (Lipinski definition) is 2. The molecule has 0 heterocycles. The van der Waals surface area contributed by atoms with E-state index in [0.29, 0.717) is 6.42 Å². The van der Waals surface area contributed by atoms with Crippen molar-refractivity contribution in [3.63, 3.8) is 0 Å². The van der Waals surface area contributed by atoms with Gasteiger partial charge in [-0.3, -0.25) is 4.79 Å². The molecule has 2 unspecified atom stereocenters. The quantitative estimate of drug-likeness (QED) is 0.745. The van der Waals surface area contributed by atoms with Crippen LogP contribution in [0.15, 0.2) is 0 Å². The Morgan fingerprint density at radius 3 is 2.17 bits per heavy atom. The van der Waals surface area contributed by atoms with Crippen molar-refractivity contribution in [2.24, 2.45) is 0 Å². The maximum atomic E-state index is 12.0. The minimum absolute atomic E-state index is 0.0577. The Morgan fingerprint density at radius 2 is 1.72 bits per heavy atom. The van der Waals surface area contributed by atoms with Gasteiger partial charge in [-0.25, -0.2) is 0 Å². The molecule has 108 valence electrons. The van der Waals surface area contributed by atoms with Gasteiger partial charge in [-0.1, -0.05) is 0 Å². The zero-order valence-electron chi connectivity index (χ0n) is 11.4. The normalized spacial score (nSPS) is 15.6. The van der Waals surface area contributed by atoms with Crippen LogP contribution in [0.1, 0.15) is 47.0 Å². The van der Waals surface area contributed by atoms with Crippen LogP contribution < -0.4 is 10.6 Å². The Morgan fingerprint density at radius 1 is 1.17 bits per heavy atom. The second kappa shape index (κ2) is 7.61. The van der Waals surface area contributed by atoms with Gasteiger partial charge in [0.1, 0.15) is 0 Å². The first kappa shape index (κ1) is 17.2. The predicted molar refractivity (Wildman–Crippen MR) is 65.2 cm³/mol. The lowest BCUT2D eigenvalue weighted by Crippen LogP contribution is -2.47. The van der Waals surface area contributed by atoms with Gasteiger partial charge in [-0.2, -0.15) is 13.2 Å². The molecular formula is C12H23F3N2O. The molecule has 0 radical (unpaired) electrons. The fourth-order valence-electron chi connectivity index (χ4n) is 1.60. The minimum Gasteiger partial charge on any atom is -0.353 e.